The van der Waals surface area contributed by atoms with Gasteiger partial charge < -0.3 is 0 Å². The number of hydrogen-bond acceptors (Lipinski definition) is 2. The van der Waals surface area contributed by atoms with Crippen LogP contribution in [0.15, 0.2) is 0 Å². The summed E-state index contributed by atoms with van der Waals surface area (Å²) in [4.78, 5) is 0. The molecule has 9 heavy (non-hydrogen) atoms. The standard InChI is InChI=1S/C4H10O3S.Na.H/c1-2-3-4-8(5,6)7;;/h2-4H2,1H3,(H,5,6,7);;. The van der Waals surface area contributed by atoms with Gasteiger partial charge in [0.05, 0.1) is 5.75 Å². The molecule has 0 rings (SSSR count). The number of hydrogen-bond donors (Lipinski definition) is 1. The molecular formula is C4H11NaO3S. The average Bonchev–Trinajstić information content (AvgIpc) is 1.59. The van der Waals surface area contributed by atoms with E-state index in [1.54, 1.807) is 0 Å². The molecule has 0 aliphatic carbocycles. The summed E-state index contributed by atoms with van der Waals surface area (Å²) >= 11 is 0. The Morgan fingerprint density at radius 3 is 2.00 bits per heavy atom. The summed E-state index contributed by atoms with van der Waals surface area (Å²) in [5.41, 5.74) is 0. The molecule has 0 saturated carbocycles. The fourth-order valence-corrected chi connectivity index (χ4v) is 0.980. The van der Waals surface area contributed by atoms with Crippen LogP contribution >= 0.6 is 0 Å². The van der Waals surface area contributed by atoms with Crippen molar-refractivity contribution in [1.29, 1.82) is 0 Å². The van der Waals surface area contributed by atoms with Gasteiger partial charge in [-0.15, -0.1) is 0 Å². The van der Waals surface area contributed by atoms with Gasteiger partial charge in [0.1, 0.15) is 0 Å². The number of rotatable bonds is 3. The van der Waals surface area contributed by atoms with Crippen molar-refractivity contribution in [2.24, 2.45) is 0 Å². The summed E-state index contributed by atoms with van der Waals surface area (Å²) in [6, 6.07) is 0. The summed E-state index contributed by atoms with van der Waals surface area (Å²) in [5, 5.41) is 0. The van der Waals surface area contributed by atoms with Crippen LogP contribution in [-0.2, 0) is 10.1 Å². The normalized spacial score (nSPS) is 10.4. The molecule has 0 aromatic rings. The second kappa shape index (κ2) is 5.68. The third-order valence-electron chi connectivity index (χ3n) is 0.756. The summed E-state index contributed by atoms with van der Waals surface area (Å²) in [7, 11) is -3.69. The van der Waals surface area contributed by atoms with Crippen LogP contribution in [0, 0.1) is 0 Å². The van der Waals surface area contributed by atoms with Crippen LogP contribution < -0.4 is 0 Å². The van der Waals surface area contributed by atoms with Gasteiger partial charge in [-0.3, -0.25) is 4.55 Å². The van der Waals surface area contributed by atoms with Gasteiger partial charge in [0.15, 0.2) is 0 Å². The minimum absolute atomic E-state index is 0. The van der Waals surface area contributed by atoms with E-state index in [2.05, 4.69) is 0 Å². The van der Waals surface area contributed by atoms with E-state index in [-0.39, 0.29) is 35.3 Å². The van der Waals surface area contributed by atoms with Crippen molar-refractivity contribution < 1.29 is 13.0 Å². The van der Waals surface area contributed by atoms with Crippen LogP contribution in [0.25, 0.3) is 0 Å². The molecule has 3 nitrogen and oxygen atoms in total. The first-order valence-electron chi connectivity index (χ1n) is 2.51. The van der Waals surface area contributed by atoms with Crippen LogP contribution in [0.3, 0.4) is 0 Å². The van der Waals surface area contributed by atoms with E-state index in [0.29, 0.717) is 6.42 Å². The van der Waals surface area contributed by atoms with Crippen molar-refractivity contribution in [3.05, 3.63) is 0 Å². The zero-order valence-corrected chi connectivity index (χ0v) is 5.61. The van der Waals surface area contributed by atoms with E-state index in [1.165, 1.54) is 0 Å². The molecule has 0 aromatic heterocycles. The van der Waals surface area contributed by atoms with Crippen molar-refractivity contribution in [3.63, 3.8) is 0 Å². The van der Waals surface area contributed by atoms with E-state index in [1.807, 2.05) is 6.92 Å². The van der Waals surface area contributed by atoms with Gasteiger partial charge in [-0.1, -0.05) is 13.3 Å². The maximum absolute atomic E-state index is 9.95. The van der Waals surface area contributed by atoms with E-state index in [4.69, 9.17) is 4.55 Å². The van der Waals surface area contributed by atoms with Gasteiger partial charge >= 0.3 is 29.6 Å². The van der Waals surface area contributed by atoms with Gasteiger partial charge in [-0.05, 0) is 6.42 Å². The molecule has 0 atom stereocenters. The van der Waals surface area contributed by atoms with E-state index in [9.17, 15) is 8.42 Å². The molecule has 0 bridgehead atoms. The zero-order valence-electron chi connectivity index (χ0n) is 4.79. The fraction of sp³-hybridized carbons (Fsp3) is 1.00. The van der Waals surface area contributed by atoms with Gasteiger partial charge in [0, 0.05) is 0 Å². The Balaban J connectivity index is 0. The average molecular weight is 162 g/mol. The monoisotopic (exact) mass is 162 g/mol. The van der Waals surface area contributed by atoms with Crippen LogP contribution in [0.4, 0.5) is 0 Å². The third kappa shape index (κ3) is 12.2. The molecule has 5 heteroatoms. The summed E-state index contributed by atoms with van der Waals surface area (Å²) < 4.78 is 28.0. The summed E-state index contributed by atoms with van der Waals surface area (Å²) in [5.74, 6) is -0.108. The van der Waals surface area contributed by atoms with Gasteiger partial charge in [-0.2, -0.15) is 8.42 Å². The molecular weight excluding hydrogens is 151 g/mol. The first-order valence-corrected chi connectivity index (χ1v) is 4.12. The van der Waals surface area contributed by atoms with Crippen molar-refractivity contribution >= 4 is 39.7 Å². The molecule has 0 unspecified atom stereocenters. The van der Waals surface area contributed by atoms with Gasteiger partial charge in [0.2, 0.25) is 0 Å². The summed E-state index contributed by atoms with van der Waals surface area (Å²) in [6.45, 7) is 1.87. The van der Waals surface area contributed by atoms with E-state index in [0.717, 1.165) is 6.42 Å². The van der Waals surface area contributed by atoms with Crippen molar-refractivity contribution in [2.75, 3.05) is 5.75 Å². The molecule has 0 heterocycles. The molecule has 52 valence electrons. The predicted molar refractivity (Wildman–Crippen MR) is 38.5 cm³/mol. The fourth-order valence-electron chi connectivity index (χ4n) is 0.327. The molecule has 0 aliphatic rings. The van der Waals surface area contributed by atoms with Crippen LogP contribution in [0.5, 0.6) is 0 Å². The van der Waals surface area contributed by atoms with E-state index >= 15 is 0 Å². The topological polar surface area (TPSA) is 54.4 Å². The Morgan fingerprint density at radius 1 is 1.44 bits per heavy atom. The SMILES string of the molecule is CCCCS(=O)(=O)O.[NaH]. The molecule has 0 aromatic carbocycles. The molecule has 0 spiro atoms. The Bertz CT molecular complexity index is 140. The second-order valence-electron chi connectivity index (χ2n) is 1.64. The molecule has 0 aliphatic heterocycles. The second-order valence-corrected chi connectivity index (χ2v) is 3.21. The molecule has 0 fully saturated rings. The zero-order chi connectivity index (χ0) is 6.62. The van der Waals surface area contributed by atoms with Crippen LogP contribution in [0.2, 0.25) is 0 Å². The van der Waals surface area contributed by atoms with Crippen LogP contribution in [0.1, 0.15) is 19.8 Å². The summed E-state index contributed by atoms with van der Waals surface area (Å²) in [6.07, 6.45) is 1.33. The molecule has 1 N–H and O–H groups in total. The molecule has 0 amide bonds. The third-order valence-corrected chi connectivity index (χ3v) is 1.56. The van der Waals surface area contributed by atoms with Gasteiger partial charge in [0.25, 0.3) is 10.1 Å². The Labute approximate surface area is 77.9 Å². The Morgan fingerprint density at radius 2 is 1.89 bits per heavy atom. The molecule has 0 radical (unpaired) electrons. The van der Waals surface area contributed by atoms with Crippen molar-refractivity contribution in [3.8, 4) is 0 Å². The quantitative estimate of drug-likeness (QED) is 0.470. The first-order chi connectivity index (χ1) is 3.56. The van der Waals surface area contributed by atoms with Crippen molar-refractivity contribution in [1.82, 2.24) is 0 Å². The van der Waals surface area contributed by atoms with Crippen molar-refractivity contribution in [2.45, 2.75) is 19.8 Å². The van der Waals surface area contributed by atoms with E-state index < -0.39 is 10.1 Å². The Hall–Kier alpha value is 0.910. The maximum atomic E-state index is 9.95. The van der Waals surface area contributed by atoms with Crippen LogP contribution in [-0.4, -0.2) is 48.3 Å². The predicted octanol–water partition coefficient (Wildman–Crippen LogP) is 0.0258. The number of unbranched alkanes of at least 4 members (excludes halogenated alkanes) is 1. The van der Waals surface area contributed by atoms with Gasteiger partial charge in [-0.25, -0.2) is 0 Å². The minimum atomic E-state index is -3.69. The Kier molecular flexibility index (Phi) is 7.93. The molecule has 0 saturated heterocycles. The first kappa shape index (κ1) is 12.6.